The minimum Gasteiger partial charge on any atom is -0.396 e. The summed E-state index contributed by atoms with van der Waals surface area (Å²) in [6.07, 6.45) is 5.72. The van der Waals surface area contributed by atoms with E-state index in [9.17, 15) is 20.1 Å². The maximum atomic E-state index is 12.4. The Kier molecular flexibility index (Phi) is 5.84. The molecule has 24 heavy (non-hydrogen) atoms. The van der Waals surface area contributed by atoms with E-state index in [-0.39, 0.29) is 23.7 Å². The lowest BCUT2D eigenvalue weighted by Gasteiger charge is -2.12. The van der Waals surface area contributed by atoms with E-state index in [1.54, 1.807) is 6.92 Å². The summed E-state index contributed by atoms with van der Waals surface area (Å²) in [6, 6.07) is 0. The number of aliphatic hydroxyl groups excluding tert-OH is 3. The topological polar surface area (TPSA) is 77.8 Å². The summed E-state index contributed by atoms with van der Waals surface area (Å²) < 4.78 is 0. The van der Waals surface area contributed by atoms with Crippen LogP contribution in [-0.4, -0.2) is 39.9 Å². The molecule has 2 aliphatic carbocycles. The summed E-state index contributed by atoms with van der Waals surface area (Å²) in [5.41, 5.74) is 2.28. The van der Waals surface area contributed by atoms with Gasteiger partial charge < -0.3 is 15.3 Å². The number of fused-ring (bicyclic) bond motifs is 1. The third kappa shape index (κ3) is 4.05. The first-order valence-electron chi connectivity index (χ1n) is 8.73. The molecule has 0 radical (unpaired) electrons. The van der Waals surface area contributed by atoms with Crippen LogP contribution < -0.4 is 0 Å². The molecule has 1 fully saturated rings. The molecule has 0 bridgehead atoms. The van der Waals surface area contributed by atoms with Crippen molar-refractivity contribution in [2.45, 2.75) is 59.2 Å². The third-order valence-electron chi connectivity index (χ3n) is 5.66. The number of allylic oxidation sites excluding steroid dienone is 2. The lowest BCUT2D eigenvalue weighted by atomic mass is 9.99. The van der Waals surface area contributed by atoms with Gasteiger partial charge in [-0.2, -0.15) is 0 Å². The molecule has 4 nitrogen and oxygen atoms in total. The lowest BCUT2D eigenvalue weighted by molar-refractivity contribution is -0.121. The largest absolute Gasteiger partial charge is 0.396 e. The molecule has 0 aromatic heterocycles. The molecule has 0 aliphatic heterocycles. The van der Waals surface area contributed by atoms with Gasteiger partial charge in [0.1, 0.15) is 6.10 Å². The minimum absolute atomic E-state index is 0.0905. The van der Waals surface area contributed by atoms with E-state index < -0.39 is 12.2 Å². The van der Waals surface area contributed by atoms with Gasteiger partial charge in [0.15, 0.2) is 5.78 Å². The van der Waals surface area contributed by atoms with Crippen molar-refractivity contribution in [2.75, 3.05) is 6.61 Å². The van der Waals surface area contributed by atoms with Crippen LogP contribution in [-0.2, 0) is 4.79 Å². The fraction of sp³-hybridized carbons (Fsp3) is 0.650. The quantitative estimate of drug-likeness (QED) is 0.644. The summed E-state index contributed by atoms with van der Waals surface area (Å²) in [4.78, 5) is 12.4. The van der Waals surface area contributed by atoms with Crippen LogP contribution in [0, 0.1) is 17.3 Å². The first-order chi connectivity index (χ1) is 11.2. The van der Waals surface area contributed by atoms with Gasteiger partial charge in [0.05, 0.1) is 6.10 Å². The van der Waals surface area contributed by atoms with Crippen LogP contribution in [0.2, 0.25) is 0 Å². The Morgan fingerprint density at radius 3 is 2.42 bits per heavy atom. The molecule has 0 saturated heterocycles. The maximum absolute atomic E-state index is 12.4. The van der Waals surface area contributed by atoms with Crippen LogP contribution >= 0.6 is 0 Å². The van der Waals surface area contributed by atoms with Crippen LogP contribution in [0.15, 0.2) is 34.9 Å². The standard InChI is InChI=1S/C20H30O4/c1-12-5-6-16-17(20(16,4)11-21)10-14(3)19(24)18(23)9-13(2)8-15(22)7-12/h7,9-10,15-18,21-23H,5-6,8,11H2,1-4H3/b12-7-,13-9-,14-10-/t15-,16-,17+,18-,20-/m0/s1. The van der Waals surface area contributed by atoms with E-state index in [1.165, 1.54) is 6.08 Å². The van der Waals surface area contributed by atoms with Gasteiger partial charge in [-0.3, -0.25) is 4.79 Å². The fourth-order valence-electron chi connectivity index (χ4n) is 3.92. The average molecular weight is 334 g/mol. The zero-order chi connectivity index (χ0) is 18.1. The molecule has 0 heterocycles. The van der Waals surface area contributed by atoms with Crippen molar-refractivity contribution in [2.24, 2.45) is 17.3 Å². The van der Waals surface area contributed by atoms with Crippen molar-refractivity contribution in [3.05, 3.63) is 34.9 Å². The van der Waals surface area contributed by atoms with Gasteiger partial charge >= 0.3 is 0 Å². The molecule has 2 rings (SSSR count). The second-order valence-corrected chi connectivity index (χ2v) is 7.79. The number of rotatable bonds is 1. The zero-order valence-corrected chi connectivity index (χ0v) is 15.1. The van der Waals surface area contributed by atoms with E-state index in [4.69, 9.17) is 0 Å². The van der Waals surface area contributed by atoms with Crippen LogP contribution in [0.1, 0.15) is 47.0 Å². The smallest absolute Gasteiger partial charge is 0.190 e. The van der Waals surface area contributed by atoms with Gasteiger partial charge in [-0.25, -0.2) is 0 Å². The van der Waals surface area contributed by atoms with Crippen molar-refractivity contribution < 1.29 is 20.1 Å². The second kappa shape index (κ2) is 7.34. The second-order valence-electron chi connectivity index (χ2n) is 7.79. The molecule has 5 atom stereocenters. The van der Waals surface area contributed by atoms with Gasteiger partial charge in [-0.15, -0.1) is 0 Å². The highest BCUT2D eigenvalue weighted by atomic mass is 16.3. The number of aliphatic hydroxyl groups is 3. The first kappa shape index (κ1) is 19.1. The molecule has 2 aliphatic rings. The van der Waals surface area contributed by atoms with Crippen molar-refractivity contribution in [1.82, 2.24) is 0 Å². The number of ketones is 1. The van der Waals surface area contributed by atoms with Crippen molar-refractivity contribution >= 4 is 5.78 Å². The van der Waals surface area contributed by atoms with E-state index >= 15 is 0 Å². The van der Waals surface area contributed by atoms with Crippen molar-refractivity contribution in [3.8, 4) is 0 Å². The predicted molar refractivity (Wildman–Crippen MR) is 94.3 cm³/mol. The van der Waals surface area contributed by atoms with Gasteiger partial charge in [-0.05, 0) is 63.5 Å². The third-order valence-corrected chi connectivity index (χ3v) is 5.66. The number of hydrogen-bond donors (Lipinski definition) is 3. The molecule has 4 heteroatoms. The van der Waals surface area contributed by atoms with Crippen LogP contribution in [0.25, 0.3) is 0 Å². The molecule has 1 saturated carbocycles. The molecule has 0 aromatic carbocycles. The van der Waals surface area contributed by atoms with E-state index in [2.05, 4.69) is 0 Å². The fourth-order valence-corrected chi connectivity index (χ4v) is 3.92. The molecular weight excluding hydrogens is 304 g/mol. The van der Waals surface area contributed by atoms with E-state index in [0.717, 1.165) is 24.0 Å². The zero-order valence-electron chi connectivity index (χ0n) is 15.1. The molecule has 0 amide bonds. The van der Waals surface area contributed by atoms with Gasteiger partial charge in [0, 0.05) is 12.0 Å². The van der Waals surface area contributed by atoms with Crippen LogP contribution in [0.4, 0.5) is 0 Å². The van der Waals surface area contributed by atoms with Crippen molar-refractivity contribution in [1.29, 1.82) is 0 Å². The number of carbonyl (C=O) groups excluding carboxylic acids is 1. The molecule has 3 N–H and O–H groups in total. The lowest BCUT2D eigenvalue weighted by Crippen LogP contribution is -2.20. The first-order valence-corrected chi connectivity index (χ1v) is 8.73. The normalized spacial score (nSPS) is 45.0. The molecule has 134 valence electrons. The van der Waals surface area contributed by atoms with E-state index in [1.807, 2.05) is 32.9 Å². The van der Waals surface area contributed by atoms with Crippen LogP contribution in [0.3, 0.4) is 0 Å². The highest BCUT2D eigenvalue weighted by molar-refractivity contribution is 5.99. The summed E-state index contributed by atoms with van der Waals surface area (Å²) >= 11 is 0. The SMILES string of the molecule is C/C1=C/[C@H](O)C/C(C)=C\[C@H](O)C(=O)/C(C)=C\[C@@H]2[C@H](CC1)[C@]2(C)CO. The molecule has 0 spiro atoms. The average Bonchev–Trinajstić information content (AvgIpc) is 3.06. The number of Topliss-reactive ketones (excluding diaryl/α,β-unsaturated/α-hetero) is 1. The number of carbonyl (C=O) groups is 1. The summed E-state index contributed by atoms with van der Waals surface area (Å²) in [5, 5.41) is 30.0. The Morgan fingerprint density at radius 2 is 1.79 bits per heavy atom. The Bertz CT molecular complexity index is 586. The van der Waals surface area contributed by atoms with Gasteiger partial charge in [-0.1, -0.05) is 30.2 Å². The predicted octanol–water partition coefficient (Wildman–Crippen LogP) is 2.54. The van der Waals surface area contributed by atoms with Crippen molar-refractivity contribution in [3.63, 3.8) is 0 Å². The molecular formula is C20H30O4. The monoisotopic (exact) mass is 334 g/mol. The summed E-state index contributed by atoms with van der Waals surface area (Å²) in [5.74, 6) is 0.172. The van der Waals surface area contributed by atoms with E-state index in [0.29, 0.717) is 17.9 Å². The summed E-state index contributed by atoms with van der Waals surface area (Å²) in [6.45, 7) is 7.69. The molecule has 0 unspecified atom stereocenters. The van der Waals surface area contributed by atoms with Gasteiger partial charge in [0.25, 0.3) is 0 Å². The Labute approximate surface area is 144 Å². The number of hydrogen-bond acceptors (Lipinski definition) is 4. The van der Waals surface area contributed by atoms with Crippen LogP contribution in [0.5, 0.6) is 0 Å². The highest BCUT2D eigenvalue weighted by Gasteiger charge is 2.58. The Hall–Kier alpha value is -1.23. The Morgan fingerprint density at radius 1 is 1.12 bits per heavy atom. The highest BCUT2D eigenvalue weighted by Crippen LogP contribution is 2.61. The maximum Gasteiger partial charge on any atom is 0.190 e. The molecule has 0 aromatic rings. The Balaban J connectivity index is 2.32. The summed E-state index contributed by atoms with van der Waals surface area (Å²) in [7, 11) is 0. The van der Waals surface area contributed by atoms with Gasteiger partial charge in [0.2, 0.25) is 0 Å². The minimum atomic E-state index is -1.18.